The average molecular weight is 282 g/mol. The van der Waals surface area contributed by atoms with Gasteiger partial charge in [-0.15, -0.1) is 0 Å². The van der Waals surface area contributed by atoms with Crippen LogP contribution in [0.2, 0.25) is 5.02 Å². The van der Waals surface area contributed by atoms with Gasteiger partial charge in [0.1, 0.15) is 5.75 Å². The molecule has 2 aliphatic rings. The van der Waals surface area contributed by atoms with E-state index < -0.39 is 0 Å². The van der Waals surface area contributed by atoms with E-state index >= 15 is 0 Å². The standard InChI is InChI=1S/C15H20ClNO2/c1-18-14-4-2-3-13(14)17-9-11-8-12(16)7-10-5-6-19-15(10)11/h7-8,13-14,17H,2-6,9H2,1H3. The molecule has 1 aliphatic heterocycles. The number of nitrogens with one attached hydrogen (secondary N) is 1. The third kappa shape index (κ3) is 2.73. The number of benzene rings is 1. The summed E-state index contributed by atoms with van der Waals surface area (Å²) in [4.78, 5) is 0. The third-order valence-electron chi connectivity index (χ3n) is 4.14. The molecule has 0 aromatic heterocycles. The van der Waals surface area contributed by atoms with Crippen LogP contribution in [0, 0.1) is 0 Å². The molecule has 0 amide bonds. The largest absolute Gasteiger partial charge is 0.493 e. The summed E-state index contributed by atoms with van der Waals surface area (Å²) in [7, 11) is 1.80. The molecule has 104 valence electrons. The predicted molar refractivity (Wildman–Crippen MR) is 75.9 cm³/mol. The van der Waals surface area contributed by atoms with Crippen LogP contribution in [0.1, 0.15) is 30.4 Å². The minimum Gasteiger partial charge on any atom is -0.493 e. The molecular weight excluding hydrogens is 262 g/mol. The van der Waals surface area contributed by atoms with Gasteiger partial charge in [0.05, 0.1) is 12.7 Å². The van der Waals surface area contributed by atoms with Crippen molar-refractivity contribution in [2.24, 2.45) is 0 Å². The minimum absolute atomic E-state index is 0.341. The molecule has 1 aliphatic carbocycles. The molecule has 19 heavy (non-hydrogen) atoms. The summed E-state index contributed by atoms with van der Waals surface area (Å²) in [5, 5.41) is 4.39. The van der Waals surface area contributed by atoms with E-state index in [4.69, 9.17) is 21.1 Å². The van der Waals surface area contributed by atoms with Gasteiger partial charge in [0, 0.05) is 36.7 Å². The fourth-order valence-corrected chi connectivity index (χ4v) is 3.42. The summed E-state index contributed by atoms with van der Waals surface area (Å²) in [6, 6.07) is 4.47. The lowest BCUT2D eigenvalue weighted by molar-refractivity contribution is 0.0846. The molecule has 1 fully saturated rings. The molecule has 2 unspecified atom stereocenters. The van der Waals surface area contributed by atoms with Crippen LogP contribution >= 0.6 is 11.6 Å². The van der Waals surface area contributed by atoms with E-state index in [2.05, 4.69) is 5.32 Å². The number of halogens is 1. The van der Waals surface area contributed by atoms with Crippen molar-refractivity contribution < 1.29 is 9.47 Å². The van der Waals surface area contributed by atoms with E-state index in [1.807, 2.05) is 12.1 Å². The molecule has 2 atom stereocenters. The van der Waals surface area contributed by atoms with Crippen LogP contribution in [0.4, 0.5) is 0 Å². The molecule has 0 bridgehead atoms. The van der Waals surface area contributed by atoms with E-state index in [1.165, 1.54) is 24.0 Å². The SMILES string of the molecule is COC1CCCC1NCc1cc(Cl)cc2c1OCC2. The van der Waals surface area contributed by atoms with Gasteiger partial charge < -0.3 is 14.8 Å². The fraction of sp³-hybridized carbons (Fsp3) is 0.600. The highest BCUT2D eigenvalue weighted by Crippen LogP contribution is 2.33. The van der Waals surface area contributed by atoms with Crippen molar-refractivity contribution in [2.75, 3.05) is 13.7 Å². The topological polar surface area (TPSA) is 30.5 Å². The summed E-state index contributed by atoms with van der Waals surface area (Å²) in [5.41, 5.74) is 2.40. The highest BCUT2D eigenvalue weighted by molar-refractivity contribution is 6.30. The molecule has 3 nitrogen and oxygen atoms in total. The minimum atomic E-state index is 0.341. The first-order valence-corrected chi connectivity index (χ1v) is 7.36. The molecular formula is C15H20ClNO2. The highest BCUT2D eigenvalue weighted by atomic mass is 35.5. The second kappa shape index (κ2) is 5.70. The maximum atomic E-state index is 6.17. The first kappa shape index (κ1) is 13.2. The van der Waals surface area contributed by atoms with Crippen molar-refractivity contribution in [3.63, 3.8) is 0 Å². The van der Waals surface area contributed by atoms with E-state index in [0.29, 0.717) is 12.1 Å². The number of rotatable bonds is 4. The molecule has 1 aromatic rings. The van der Waals surface area contributed by atoms with Gasteiger partial charge in [-0.25, -0.2) is 0 Å². The number of hydrogen-bond acceptors (Lipinski definition) is 3. The first-order valence-electron chi connectivity index (χ1n) is 6.98. The lowest BCUT2D eigenvalue weighted by Crippen LogP contribution is -2.36. The third-order valence-corrected chi connectivity index (χ3v) is 4.35. The van der Waals surface area contributed by atoms with Crippen LogP contribution in [0.3, 0.4) is 0 Å². The Bertz CT molecular complexity index is 464. The van der Waals surface area contributed by atoms with Crippen molar-refractivity contribution in [3.05, 3.63) is 28.3 Å². The first-order chi connectivity index (χ1) is 9.28. The second-order valence-corrected chi connectivity index (χ2v) is 5.78. The summed E-state index contributed by atoms with van der Waals surface area (Å²) in [5.74, 6) is 1.03. The summed E-state index contributed by atoms with van der Waals surface area (Å²) in [6.45, 7) is 1.57. The van der Waals surface area contributed by atoms with Crippen molar-refractivity contribution in [2.45, 2.75) is 44.4 Å². The summed E-state index contributed by atoms with van der Waals surface area (Å²) in [6.07, 6.45) is 4.88. The van der Waals surface area contributed by atoms with E-state index in [9.17, 15) is 0 Å². The Labute approximate surface area is 119 Å². The summed E-state index contributed by atoms with van der Waals surface area (Å²) < 4.78 is 11.2. The lowest BCUT2D eigenvalue weighted by Gasteiger charge is -2.20. The van der Waals surface area contributed by atoms with E-state index in [0.717, 1.165) is 36.8 Å². The van der Waals surface area contributed by atoms with Gasteiger partial charge in [0.25, 0.3) is 0 Å². The number of methoxy groups -OCH3 is 1. The van der Waals surface area contributed by atoms with Crippen LogP contribution in [0.25, 0.3) is 0 Å². The molecule has 4 heteroatoms. The van der Waals surface area contributed by atoms with Crippen molar-refractivity contribution in [1.29, 1.82) is 0 Å². The van der Waals surface area contributed by atoms with Crippen LogP contribution in [0.5, 0.6) is 5.75 Å². The second-order valence-electron chi connectivity index (χ2n) is 5.34. The van der Waals surface area contributed by atoms with Gasteiger partial charge in [0.2, 0.25) is 0 Å². The van der Waals surface area contributed by atoms with Crippen LogP contribution < -0.4 is 10.1 Å². The quantitative estimate of drug-likeness (QED) is 0.920. The monoisotopic (exact) mass is 281 g/mol. The Kier molecular flexibility index (Phi) is 3.96. The molecule has 1 saturated carbocycles. The fourth-order valence-electron chi connectivity index (χ4n) is 3.16. The number of ether oxygens (including phenoxy) is 2. The Morgan fingerprint density at radius 2 is 2.32 bits per heavy atom. The zero-order valence-electron chi connectivity index (χ0n) is 11.2. The van der Waals surface area contributed by atoms with Crippen LogP contribution in [-0.4, -0.2) is 25.9 Å². The molecule has 0 spiro atoms. The van der Waals surface area contributed by atoms with E-state index in [-0.39, 0.29) is 0 Å². The van der Waals surface area contributed by atoms with Gasteiger partial charge in [-0.3, -0.25) is 0 Å². The van der Waals surface area contributed by atoms with Crippen LogP contribution in [-0.2, 0) is 17.7 Å². The number of hydrogen-bond donors (Lipinski definition) is 1. The van der Waals surface area contributed by atoms with E-state index in [1.54, 1.807) is 7.11 Å². The van der Waals surface area contributed by atoms with Crippen LogP contribution in [0.15, 0.2) is 12.1 Å². The van der Waals surface area contributed by atoms with Crippen molar-refractivity contribution in [3.8, 4) is 5.75 Å². The van der Waals surface area contributed by atoms with Crippen molar-refractivity contribution >= 4 is 11.6 Å². The summed E-state index contributed by atoms with van der Waals surface area (Å²) >= 11 is 6.17. The Morgan fingerprint density at radius 3 is 3.16 bits per heavy atom. The molecule has 0 radical (unpaired) electrons. The molecule has 1 heterocycles. The average Bonchev–Trinajstić information content (AvgIpc) is 3.03. The van der Waals surface area contributed by atoms with Gasteiger partial charge in [0.15, 0.2) is 0 Å². The zero-order valence-corrected chi connectivity index (χ0v) is 12.0. The van der Waals surface area contributed by atoms with Gasteiger partial charge in [-0.05, 0) is 37.0 Å². The van der Waals surface area contributed by atoms with Gasteiger partial charge in [-0.1, -0.05) is 11.6 Å². The van der Waals surface area contributed by atoms with Crippen molar-refractivity contribution in [1.82, 2.24) is 5.32 Å². The zero-order chi connectivity index (χ0) is 13.2. The Morgan fingerprint density at radius 1 is 1.42 bits per heavy atom. The molecule has 0 saturated heterocycles. The predicted octanol–water partition coefficient (Wildman–Crippen LogP) is 2.93. The normalized spacial score (nSPS) is 25.4. The Hall–Kier alpha value is -0.770. The maximum Gasteiger partial charge on any atom is 0.127 e. The van der Waals surface area contributed by atoms with Gasteiger partial charge in [-0.2, -0.15) is 0 Å². The smallest absolute Gasteiger partial charge is 0.127 e. The lowest BCUT2D eigenvalue weighted by atomic mass is 10.1. The highest BCUT2D eigenvalue weighted by Gasteiger charge is 2.27. The van der Waals surface area contributed by atoms with Gasteiger partial charge >= 0.3 is 0 Å². The molecule has 1 aromatic carbocycles. The Balaban J connectivity index is 1.70. The maximum absolute atomic E-state index is 6.17. The molecule has 1 N–H and O–H groups in total. The number of fused-ring (bicyclic) bond motifs is 1. The molecule has 3 rings (SSSR count).